The van der Waals surface area contributed by atoms with Crippen molar-refractivity contribution in [3.63, 3.8) is 0 Å². The monoisotopic (exact) mass is 435 g/mol. The molecule has 0 atom stereocenters. The van der Waals surface area contributed by atoms with Gasteiger partial charge in [0.15, 0.2) is 5.96 Å². The minimum atomic E-state index is -0.416. The SMILES string of the molecule is CCc1nc(CN2CCC(CNC(=NC)NCCc3cc(F)ccc3F)CC2)cs1. The second-order valence-electron chi connectivity index (χ2n) is 7.67. The molecule has 0 spiro atoms. The maximum atomic E-state index is 13.7. The Morgan fingerprint density at radius 2 is 2.07 bits per heavy atom. The topological polar surface area (TPSA) is 52.6 Å². The second kappa shape index (κ2) is 11.4. The number of aliphatic imine (C=N–C) groups is 1. The number of piperidine rings is 1. The molecule has 1 fully saturated rings. The summed E-state index contributed by atoms with van der Waals surface area (Å²) in [6, 6.07) is 3.55. The van der Waals surface area contributed by atoms with Crippen LogP contribution in [0.1, 0.15) is 36.0 Å². The molecule has 2 N–H and O–H groups in total. The summed E-state index contributed by atoms with van der Waals surface area (Å²) in [5, 5.41) is 9.94. The summed E-state index contributed by atoms with van der Waals surface area (Å²) in [4.78, 5) is 11.4. The average Bonchev–Trinajstić information content (AvgIpc) is 3.21. The summed E-state index contributed by atoms with van der Waals surface area (Å²) in [6.07, 6.45) is 3.69. The molecular formula is C22H31F2N5S. The van der Waals surface area contributed by atoms with Crippen molar-refractivity contribution in [2.45, 2.75) is 39.2 Å². The van der Waals surface area contributed by atoms with Gasteiger partial charge in [-0.05, 0) is 68.5 Å². The Kier molecular flexibility index (Phi) is 8.57. The zero-order valence-corrected chi connectivity index (χ0v) is 18.6. The van der Waals surface area contributed by atoms with Crippen LogP contribution in [0.4, 0.5) is 8.78 Å². The highest BCUT2D eigenvalue weighted by Crippen LogP contribution is 2.19. The molecule has 1 aliphatic rings. The summed E-state index contributed by atoms with van der Waals surface area (Å²) in [5.74, 6) is 0.503. The van der Waals surface area contributed by atoms with Crippen molar-refractivity contribution in [2.75, 3.05) is 33.2 Å². The Balaban J connectivity index is 1.35. The molecule has 0 amide bonds. The number of likely N-dealkylation sites (tertiary alicyclic amines) is 1. The number of nitrogens with one attached hydrogen (secondary N) is 2. The van der Waals surface area contributed by atoms with Crippen LogP contribution in [0.2, 0.25) is 0 Å². The smallest absolute Gasteiger partial charge is 0.190 e. The molecule has 2 aromatic rings. The molecule has 1 aliphatic heterocycles. The Morgan fingerprint density at radius 3 is 2.77 bits per heavy atom. The van der Waals surface area contributed by atoms with Crippen LogP contribution in [0.15, 0.2) is 28.6 Å². The predicted octanol–water partition coefficient (Wildman–Crippen LogP) is 3.60. The lowest BCUT2D eigenvalue weighted by Crippen LogP contribution is -2.43. The van der Waals surface area contributed by atoms with E-state index in [0.29, 0.717) is 30.4 Å². The van der Waals surface area contributed by atoms with Crippen LogP contribution in [0, 0.1) is 17.6 Å². The first-order valence-corrected chi connectivity index (χ1v) is 11.5. The van der Waals surface area contributed by atoms with Crippen molar-refractivity contribution in [3.8, 4) is 0 Å². The van der Waals surface area contributed by atoms with Crippen LogP contribution in [0.25, 0.3) is 0 Å². The molecule has 164 valence electrons. The zero-order chi connectivity index (χ0) is 21.3. The molecule has 0 bridgehead atoms. The van der Waals surface area contributed by atoms with Crippen LogP contribution < -0.4 is 10.6 Å². The molecule has 30 heavy (non-hydrogen) atoms. The van der Waals surface area contributed by atoms with Gasteiger partial charge < -0.3 is 10.6 Å². The number of nitrogens with zero attached hydrogens (tertiary/aromatic N) is 3. The van der Waals surface area contributed by atoms with E-state index in [-0.39, 0.29) is 5.82 Å². The molecule has 1 aromatic heterocycles. The third-order valence-corrected chi connectivity index (χ3v) is 6.51. The van der Waals surface area contributed by atoms with Gasteiger partial charge in [-0.3, -0.25) is 9.89 Å². The molecule has 0 unspecified atom stereocenters. The van der Waals surface area contributed by atoms with Gasteiger partial charge in [0.05, 0.1) is 10.7 Å². The van der Waals surface area contributed by atoms with Gasteiger partial charge in [0.1, 0.15) is 11.6 Å². The minimum absolute atomic E-state index is 0.372. The molecule has 8 heteroatoms. The summed E-state index contributed by atoms with van der Waals surface area (Å²) < 4.78 is 27.0. The van der Waals surface area contributed by atoms with Crippen LogP contribution >= 0.6 is 11.3 Å². The Labute approximate surface area is 181 Å². The maximum absolute atomic E-state index is 13.7. The van der Waals surface area contributed by atoms with Crippen LogP contribution in [-0.4, -0.2) is 49.1 Å². The molecule has 5 nitrogen and oxygen atoms in total. The van der Waals surface area contributed by atoms with Crippen LogP contribution in [-0.2, 0) is 19.4 Å². The van der Waals surface area contributed by atoms with Crippen molar-refractivity contribution >= 4 is 17.3 Å². The van der Waals surface area contributed by atoms with Gasteiger partial charge in [-0.25, -0.2) is 13.8 Å². The summed E-state index contributed by atoms with van der Waals surface area (Å²) in [7, 11) is 1.72. The third-order valence-electron chi connectivity index (χ3n) is 5.47. The van der Waals surface area contributed by atoms with E-state index in [2.05, 4.69) is 37.8 Å². The first-order chi connectivity index (χ1) is 14.6. The van der Waals surface area contributed by atoms with Crippen molar-refractivity contribution in [3.05, 3.63) is 51.5 Å². The van der Waals surface area contributed by atoms with E-state index in [1.807, 2.05) is 0 Å². The fourth-order valence-corrected chi connectivity index (χ4v) is 4.41. The Hall–Kier alpha value is -2.06. The lowest BCUT2D eigenvalue weighted by atomic mass is 9.97. The van der Waals surface area contributed by atoms with Crippen molar-refractivity contribution < 1.29 is 8.78 Å². The standard InChI is InChI=1S/C22H31F2N5S/c1-3-21-28-19(15-30-21)14-29-10-7-16(8-11-29)13-27-22(25-2)26-9-6-17-12-18(23)4-5-20(17)24/h4-5,12,15-16H,3,6-11,13-14H2,1-2H3,(H2,25,26,27). The molecule has 0 radical (unpaired) electrons. The number of halogens is 2. The zero-order valence-electron chi connectivity index (χ0n) is 17.8. The molecular weight excluding hydrogens is 404 g/mol. The Bertz CT molecular complexity index is 831. The molecule has 1 aromatic carbocycles. The fraction of sp³-hybridized carbons (Fsp3) is 0.545. The number of aryl methyl sites for hydroxylation is 1. The summed E-state index contributed by atoms with van der Waals surface area (Å²) in [6.45, 7) is 6.59. The molecule has 0 aliphatic carbocycles. The third kappa shape index (κ3) is 6.74. The van der Waals surface area contributed by atoms with E-state index in [0.717, 1.165) is 51.5 Å². The molecule has 1 saturated heterocycles. The highest BCUT2D eigenvalue weighted by Gasteiger charge is 2.20. The van der Waals surface area contributed by atoms with Gasteiger partial charge in [-0.1, -0.05) is 6.92 Å². The molecule has 3 rings (SSSR count). The van der Waals surface area contributed by atoms with Gasteiger partial charge in [-0.15, -0.1) is 11.3 Å². The van der Waals surface area contributed by atoms with E-state index in [1.165, 1.54) is 22.8 Å². The number of hydrogen-bond donors (Lipinski definition) is 2. The highest BCUT2D eigenvalue weighted by molar-refractivity contribution is 7.09. The second-order valence-corrected chi connectivity index (χ2v) is 8.61. The predicted molar refractivity (Wildman–Crippen MR) is 119 cm³/mol. The van der Waals surface area contributed by atoms with E-state index < -0.39 is 5.82 Å². The quantitative estimate of drug-likeness (QED) is 0.491. The van der Waals surface area contributed by atoms with Gasteiger partial charge in [-0.2, -0.15) is 0 Å². The summed E-state index contributed by atoms with van der Waals surface area (Å²) in [5.41, 5.74) is 1.56. The van der Waals surface area contributed by atoms with Crippen LogP contribution in [0.5, 0.6) is 0 Å². The summed E-state index contributed by atoms with van der Waals surface area (Å²) >= 11 is 1.75. The minimum Gasteiger partial charge on any atom is -0.356 e. The fourth-order valence-electron chi connectivity index (χ4n) is 3.67. The number of hydrogen-bond acceptors (Lipinski definition) is 4. The first kappa shape index (κ1) is 22.6. The largest absolute Gasteiger partial charge is 0.356 e. The highest BCUT2D eigenvalue weighted by atomic mass is 32.1. The van der Waals surface area contributed by atoms with E-state index in [1.54, 1.807) is 18.4 Å². The van der Waals surface area contributed by atoms with E-state index in [9.17, 15) is 8.78 Å². The number of aromatic nitrogens is 1. The average molecular weight is 436 g/mol. The lowest BCUT2D eigenvalue weighted by Gasteiger charge is -2.31. The normalized spacial score (nSPS) is 16.1. The number of rotatable bonds is 8. The lowest BCUT2D eigenvalue weighted by molar-refractivity contribution is 0.176. The van der Waals surface area contributed by atoms with E-state index in [4.69, 9.17) is 0 Å². The maximum Gasteiger partial charge on any atom is 0.190 e. The van der Waals surface area contributed by atoms with Gasteiger partial charge >= 0.3 is 0 Å². The van der Waals surface area contributed by atoms with Gasteiger partial charge in [0.25, 0.3) is 0 Å². The van der Waals surface area contributed by atoms with E-state index >= 15 is 0 Å². The van der Waals surface area contributed by atoms with Crippen molar-refractivity contribution in [1.29, 1.82) is 0 Å². The first-order valence-electron chi connectivity index (χ1n) is 10.6. The number of thiazole rings is 1. The van der Waals surface area contributed by atoms with Crippen LogP contribution in [0.3, 0.4) is 0 Å². The van der Waals surface area contributed by atoms with Gasteiger partial charge in [0.2, 0.25) is 0 Å². The molecule has 2 heterocycles. The van der Waals surface area contributed by atoms with Gasteiger partial charge in [0, 0.05) is 32.1 Å². The Morgan fingerprint density at radius 1 is 1.27 bits per heavy atom. The van der Waals surface area contributed by atoms with Crippen molar-refractivity contribution in [1.82, 2.24) is 20.5 Å². The van der Waals surface area contributed by atoms with Crippen molar-refractivity contribution in [2.24, 2.45) is 10.9 Å². The number of guanidine groups is 1. The number of benzene rings is 1. The molecule has 0 saturated carbocycles.